The number of piperazine rings is 1. The number of carbonyl (C=O) groups excluding carboxylic acids is 1. The Bertz CT molecular complexity index is 1220. The van der Waals surface area contributed by atoms with Crippen LogP contribution < -0.4 is 10.9 Å². The number of β-amino-alcohol motifs (C(OH)–C–C–N with tert-alkyl or cyclic N) is 1. The first kappa shape index (κ1) is 28.7. The third-order valence-electron chi connectivity index (χ3n) is 12.4. The van der Waals surface area contributed by atoms with Crippen molar-refractivity contribution in [2.45, 2.75) is 95.4 Å². The number of aliphatic hydroxyl groups excluding tert-OH is 1. The molecular formula is C31H45N3O7. The number of nitrogens with one attached hydrogen (secondary N) is 1. The minimum Gasteiger partial charge on any atom is -0.465 e. The highest BCUT2D eigenvalue weighted by molar-refractivity contribution is 5.79. The van der Waals surface area contributed by atoms with Crippen LogP contribution >= 0.6 is 0 Å². The average molecular weight is 572 g/mol. The van der Waals surface area contributed by atoms with Crippen molar-refractivity contribution in [2.24, 2.45) is 28.6 Å². The van der Waals surface area contributed by atoms with E-state index in [2.05, 4.69) is 19.2 Å². The van der Waals surface area contributed by atoms with Gasteiger partial charge >= 0.3 is 11.7 Å². The molecule has 0 bridgehead atoms. The van der Waals surface area contributed by atoms with Crippen LogP contribution in [0.15, 0.2) is 27.6 Å². The molecule has 5 fully saturated rings. The maximum atomic E-state index is 12.5. The van der Waals surface area contributed by atoms with E-state index in [0.29, 0.717) is 31.5 Å². The summed E-state index contributed by atoms with van der Waals surface area (Å²) in [4.78, 5) is 39.1. The van der Waals surface area contributed by atoms with E-state index in [-0.39, 0.29) is 46.8 Å². The second-order valence-corrected chi connectivity index (χ2v) is 14.1. The number of aliphatic hydroxyl groups is 2. The van der Waals surface area contributed by atoms with Crippen molar-refractivity contribution in [3.63, 3.8) is 0 Å². The predicted molar refractivity (Wildman–Crippen MR) is 150 cm³/mol. The van der Waals surface area contributed by atoms with Gasteiger partial charge in [0.25, 0.3) is 0 Å². The molecule has 1 aromatic heterocycles. The van der Waals surface area contributed by atoms with E-state index in [9.17, 15) is 29.7 Å². The van der Waals surface area contributed by atoms with Crippen LogP contribution in [0.2, 0.25) is 0 Å². The van der Waals surface area contributed by atoms with Gasteiger partial charge in [0.05, 0.1) is 18.4 Å². The van der Waals surface area contributed by atoms with Crippen LogP contribution in [0.4, 0.5) is 4.79 Å². The van der Waals surface area contributed by atoms with Crippen molar-refractivity contribution in [1.29, 1.82) is 0 Å². The van der Waals surface area contributed by atoms with Gasteiger partial charge in [0, 0.05) is 37.2 Å². The van der Waals surface area contributed by atoms with E-state index in [4.69, 9.17) is 4.42 Å². The van der Waals surface area contributed by atoms with E-state index in [0.717, 1.165) is 63.4 Å². The van der Waals surface area contributed by atoms with Crippen molar-refractivity contribution in [2.75, 3.05) is 26.2 Å². The molecule has 4 N–H and O–H groups in total. The molecule has 4 saturated carbocycles. The SMILES string of the molecule is C[C@@]12CC[C@H](N(CCN3CC(=O)N[C@@H](O)C3)C(=O)O)CC1CC[C@@H]1[C@@H]2CC[C@]2(C)[C@@H](c3ccc(=O)oc3)CC[C@]12O. The van der Waals surface area contributed by atoms with Gasteiger partial charge in [-0.25, -0.2) is 9.59 Å². The molecule has 1 unspecified atom stereocenters. The molecule has 4 aliphatic carbocycles. The highest BCUT2D eigenvalue weighted by Crippen LogP contribution is 2.70. The van der Waals surface area contributed by atoms with Crippen LogP contribution in [-0.4, -0.2) is 81.2 Å². The van der Waals surface area contributed by atoms with Gasteiger partial charge in [-0.2, -0.15) is 0 Å². The van der Waals surface area contributed by atoms with Gasteiger partial charge in [-0.05, 0) is 98.5 Å². The fraction of sp³-hybridized carbons (Fsp3) is 0.774. The molecule has 10 heteroatoms. The summed E-state index contributed by atoms with van der Waals surface area (Å²) in [6.45, 7) is 5.84. The fourth-order valence-electron chi connectivity index (χ4n) is 10.2. The van der Waals surface area contributed by atoms with E-state index in [1.165, 1.54) is 6.07 Å². The zero-order chi connectivity index (χ0) is 29.2. The first-order valence-corrected chi connectivity index (χ1v) is 15.4. The van der Waals surface area contributed by atoms with Crippen LogP contribution in [0.3, 0.4) is 0 Å². The van der Waals surface area contributed by atoms with Gasteiger partial charge in [0.15, 0.2) is 0 Å². The number of carboxylic acid groups (broad SMARTS) is 1. The monoisotopic (exact) mass is 571 g/mol. The van der Waals surface area contributed by atoms with Gasteiger partial charge in [-0.3, -0.25) is 9.69 Å². The summed E-state index contributed by atoms with van der Waals surface area (Å²) in [6, 6.07) is 3.29. The molecule has 1 aromatic rings. The normalized spacial score (nSPS) is 42.5. The standard InChI is InChI=1S/C31H45N3O7/c1-29-10-7-21(34(28(38)39)14-13-33-16-25(35)32-26(36)17-33)15-20(29)4-5-24-23(29)8-11-30(2)22(9-12-31(24,30)40)19-3-6-27(37)41-18-19/h3,6,18,20-25,35,40H,4-5,7-17H2,1-2H3,(H,32,36)(H,38,39)/t20?,21-,22+,23-,24+,25-,29+,30+,31-/m0/s1. The number of carbonyl (C=O) groups is 2. The summed E-state index contributed by atoms with van der Waals surface area (Å²) >= 11 is 0. The molecule has 9 atom stereocenters. The van der Waals surface area contributed by atoms with E-state index in [1.807, 2.05) is 11.0 Å². The van der Waals surface area contributed by atoms with E-state index >= 15 is 0 Å². The Labute approximate surface area is 241 Å². The number of amides is 2. The summed E-state index contributed by atoms with van der Waals surface area (Å²) in [6.07, 6.45) is 7.88. The third kappa shape index (κ3) is 4.70. The zero-order valence-corrected chi connectivity index (χ0v) is 24.3. The molecule has 1 aliphatic heterocycles. The Balaban J connectivity index is 1.15. The van der Waals surface area contributed by atoms with Crippen LogP contribution in [0.25, 0.3) is 0 Å². The maximum Gasteiger partial charge on any atom is 0.407 e. The highest BCUT2D eigenvalue weighted by Gasteiger charge is 2.67. The van der Waals surface area contributed by atoms with Crippen molar-refractivity contribution >= 4 is 12.0 Å². The Morgan fingerprint density at radius 1 is 1.10 bits per heavy atom. The molecule has 2 amide bonds. The second kappa shape index (κ2) is 10.4. The molecule has 10 nitrogen and oxygen atoms in total. The molecule has 2 heterocycles. The minimum absolute atomic E-state index is 0.0628. The smallest absolute Gasteiger partial charge is 0.407 e. The molecule has 1 saturated heterocycles. The van der Waals surface area contributed by atoms with Crippen LogP contribution in [0, 0.1) is 28.6 Å². The lowest BCUT2D eigenvalue weighted by molar-refractivity contribution is -0.203. The quantitative estimate of drug-likeness (QED) is 0.422. The third-order valence-corrected chi connectivity index (χ3v) is 12.4. The lowest BCUT2D eigenvalue weighted by atomic mass is 9.43. The number of fused-ring (bicyclic) bond motifs is 5. The molecule has 41 heavy (non-hydrogen) atoms. The van der Waals surface area contributed by atoms with Crippen molar-refractivity contribution in [3.8, 4) is 0 Å². The largest absolute Gasteiger partial charge is 0.465 e. The topological polar surface area (TPSA) is 144 Å². The summed E-state index contributed by atoms with van der Waals surface area (Å²) in [5.74, 6) is 0.937. The lowest BCUT2D eigenvalue weighted by Crippen LogP contribution is -2.62. The van der Waals surface area contributed by atoms with Crippen molar-refractivity contribution in [1.82, 2.24) is 15.1 Å². The van der Waals surface area contributed by atoms with Crippen molar-refractivity contribution in [3.05, 3.63) is 34.4 Å². The Morgan fingerprint density at radius 2 is 1.90 bits per heavy atom. The molecular weight excluding hydrogens is 526 g/mol. The maximum absolute atomic E-state index is 12.5. The fourth-order valence-corrected chi connectivity index (χ4v) is 10.2. The Hall–Kier alpha value is -2.43. The summed E-state index contributed by atoms with van der Waals surface area (Å²) in [5.41, 5.74) is -0.312. The number of hydrogen-bond donors (Lipinski definition) is 4. The van der Waals surface area contributed by atoms with Gasteiger partial charge < -0.3 is 30.0 Å². The van der Waals surface area contributed by atoms with Crippen molar-refractivity contribution < 1.29 is 29.3 Å². The Morgan fingerprint density at radius 3 is 2.61 bits per heavy atom. The summed E-state index contributed by atoms with van der Waals surface area (Å²) in [7, 11) is 0. The second-order valence-electron chi connectivity index (χ2n) is 14.1. The molecule has 5 aliphatic rings. The van der Waals surface area contributed by atoms with E-state index < -0.39 is 17.9 Å². The molecule has 0 aromatic carbocycles. The van der Waals surface area contributed by atoms with Crippen LogP contribution in [-0.2, 0) is 4.79 Å². The summed E-state index contributed by atoms with van der Waals surface area (Å²) in [5, 5.41) is 34.9. The first-order chi connectivity index (χ1) is 19.4. The van der Waals surface area contributed by atoms with Crippen LogP contribution in [0.1, 0.15) is 83.1 Å². The van der Waals surface area contributed by atoms with Gasteiger partial charge in [0.1, 0.15) is 6.23 Å². The minimum atomic E-state index is -0.925. The highest BCUT2D eigenvalue weighted by atomic mass is 16.4. The zero-order valence-electron chi connectivity index (χ0n) is 24.3. The number of nitrogens with zero attached hydrogens (tertiary/aromatic N) is 2. The molecule has 0 radical (unpaired) electrons. The van der Waals surface area contributed by atoms with Gasteiger partial charge in [0.2, 0.25) is 5.91 Å². The predicted octanol–water partition coefficient (Wildman–Crippen LogP) is 2.98. The van der Waals surface area contributed by atoms with Crippen LogP contribution in [0.5, 0.6) is 0 Å². The molecule has 0 spiro atoms. The molecule has 6 rings (SSSR count). The number of hydrogen-bond acceptors (Lipinski definition) is 7. The van der Waals surface area contributed by atoms with Gasteiger partial charge in [-0.15, -0.1) is 0 Å². The van der Waals surface area contributed by atoms with Gasteiger partial charge in [-0.1, -0.05) is 13.8 Å². The summed E-state index contributed by atoms with van der Waals surface area (Å²) < 4.78 is 5.21. The van der Waals surface area contributed by atoms with E-state index in [1.54, 1.807) is 11.2 Å². The average Bonchev–Trinajstić information content (AvgIpc) is 3.19. The number of rotatable bonds is 5. The molecule has 226 valence electrons. The first-order valence-electron chi connectivity index (χ1n) is 15.4. The lowest BCUT2D eigenvalue weighted by Gasteiger charge is -2.64. The Kier molecular flexibility index (Phi) is 7.26.